The number of hydrogen-bond donors (Lipinski definition) is 1. The normalized spacial score (nSPS) is 18.4. The zero-order valence-electron chi connectivity index (χ0n) is 10.5. The summed E-state index contributed by atoms with van der Waals surface area (Å²) in [6, 6.07) is 4.27. The van der Waals surface area contributed by atoms with E-state index in [1.54, 1.807) is 6.07 Å². The maximum atomic E-state index is 13.9. The molecule has 0 unspecified atom stereocenters. The van der Waals surface area contributed by atoms with Crippen LogP contribution in [0.3, 0.4) is 0 Å². The molecule has 1 aliphatic rings. The van der Waals surface area contributed by atoms with Gasteiger partial charge in [-0.2, -0.15) is 0 Å². The van der Waals surface area contributed by atoms with Crippen LogP contribution in [0.25, 0.3) is 0 Å². The van der Waals surface area contributed by atoms with Gasteiger partial charge in [-0.25, -0.2) is 4.39 Å². The van der Waals surface area contributed by atoms with Gasteiger partial charge in [0.15, 0.2) is 5.78 Å². The molecule has 1 aromatic carbocycles. The van der Waals surface area contributed by atoms with E-state index in [-0.39, 0.29) is 11.3 Å². The number of carbonyl (C=O) groups excluding carboxylic acids is 1. The van der Waals surface area contributed by atoms with Gasteiger partial charge in [0.2, 0.25) is 0 Å². The SMILES string of the molecule is COc1ccc(C(=O)C2(N)CCCCC2)c(F)c1. The smallest absolute Gasteiger partial charge is 0.185 e. The monoisotopic (exact) mass is 251 g/mol. The van der Waals surface area contributed by atoms with Crippen molar-refractivity contribution in [2.45, 2.75) is 37.6 Å². The standard InChI is InChI=1S/C14H18FNO2/c1-18-10-5-6-11(12(15)9-10)13(17)14(16)7-3-2-4-8-14/h5-6,9H,2-4,7-8,16H2,1H3. The summed E-state index contributed by atoms with van der Waals surface area (Å²) in [7, 11) is 1.46. The number of benzene rings is 1. The number of rotatable bonds is 3. The van der Waals surface area contributed by atoms with Crippen molar-refractivity contribution >= 4 is 5.78 Å². The van der Waals surface area contributed by atoms with E-state index < -0.39 is 11.4 Å². The molecule has 0 aromatic heterocycles. The Bertz CT molecular complexity index is 453. The summed E-state index contributed by atoms with van der Waals surface area (Å²) in [5.41, 5.74) is 5.30. The molecule has 0 bridgehead atoms. The molecule has 0 heterocycles. The molecule has 0 saturated heterocycles. The topological polar surface area (TPSA) is 52.3 Å². The second-order valence-electron chi connectivity index (χ2n) is 4.89. The van der Waals surface area contributed by atoms with Crippen molar-refractivity contribution in [3.8, 4) is 5.75 Å². The number of methoxy groups -OCH3 is 1. The number of nitrogens with two attached hydrogens (primary N) is 1. The highest BCUT2D eigenvalue weighted by Crippen LogP contribution is 2.30. The first-order valence-corrected chi connectivity index (χ1v) is 6.24. The zero-order chi connectivity index (χ0) is 13.2. The minimum absolute atomic E-state index is 0.0696. The summed E-state index contributed by atoms with van der Waals surface area (Å²) < 4.78 is 18.8. The van der Waals surface area contributed by atoms with E-state index >= 15 is 0 Å². The van der Waals surface area contributed by atoms with Gasteiger partial charge in [-0.3, -0.25) is 4.79 Å². The summed E-state index contributed by atoms with van der Waals surface area (Å²) in [5.74, 6) is -0.448. The third-order valence-electron chi connectivity index (χ3n) is 3.62. The molecular weight excluding hydrogens is 233 g/mol. The van der Waals surface area contributed by atoms with E-state index in [0.29, 0.717) is 18.6 Å². The third kappa shape index (κ3) is 2.38. The lowest BCUT2D eigenvalue weighted by molar-refractivity contribution is 0.0843. The zero-order valence-corrected chi connectivity index (χ0v) is 10.5. The highest BCUT2D eigenvalue weighted by Gasteiger charge is 2.36. The molecule has 0 spiro atoms. The quantitative estimate of drug-likeness (QED) is 0.840. The van der Waals surface area contributed by atoms with Crippen molar-refractivity contribution in [2.75, 3.05) is 7.11 Å². The van der Waals surface area contributed by atoms with Gasteiger partial charge in [-0.1, -0.05) is 19.3 Å². The van der Waals surface area contributed by atoms with E-state index in [2.05, 4.69) is 0 Å². The Balaban J connectivity index is 2.28. The number of halogens is 1. The van der Waals surface area contributed by atoms with Crippen LogP contribution in [-0.2, 0) is 0 Å². The largest absolute Gasteiger partial charge is 0.497 e. The molecule has 1 aromatic rings. The van der Waals surface area contributed by atoms with Gasteiger partial charge in [0.05, 0.1) is 18.2 Å². The lowest BCUT2D eigenvalue weighted by atomic mass is 9.77. The highest BCUT2D eigenvalue weighted by molar-refractivity contribution is 6.03. The number of hydrogen-bond acceptors (Lipinski definition) is 3. The van der Waals surface area contributed by atoms with Crippen LogP contribution in [0.15, 0.2) is 18.2 Å². The predicted molar refractivity (Wildman–Crippen MR) is 67.3 cm³/mol. The molecule has 0 radical (unpaired) electrons. The minimum Gasteiger partial charge on any atom is -0.497 e. The van der Waals surface area contributed by atoms with Gasteiger partial charge in [0.25, 0.3) is 0 Å². The molecule has 1 fully saturated rings. The van der Waals surface area contributed by atoms with Crippen LogP contribution in [0.1, 0.15) is 42.5 Å². The van der Waals surface area contributed by atoms with Crippen molar-refractivity contribution in [1.82, 2.24) is 0 Å². The van der Waals surface area contributed by atoms with E-state index in [1.165, 1.54) is 19.2 Å². The maximum Gasteiger partial charge on any atom is 0.185 e. The summed E-state index contributed by atoms with van der Waals surface area (Å²) in [6.07, 6.45) is 4.23. The maximum absolute atomic E-state index is 13.9. The molecule has 2 N–H and O–H groups in total. The molecule has 0 aliphatic heterocycles. The van der Waals surface area contributed by atoms with Gasteiger partial charge >= 0.3 is 0 Å². The molecule has 4 heteroatoms. The Labute approximate surface area is 106 Å². The molecule has 0 atom stereocenters. The van der Waals surface area contributed by atoms with Gasteiger partial charge in [0.1, 0.15) is 11.6 Å². The third-order valence-corrected chi connectivity index (χ3v) is 3.62. The Morgan fingerprint density at radius 1 is 1.33 bits per heavy atom. The Morgan fingerprint density at radius 2 is 2.00 bits per heavy atom. The molecule has 3 nitrogen and oxygen atoms in total. The Kier molecular flexibility index (Phi) is 3.66. The average molecular weight is 251 g/mol. The number of ether oxygens (including phenoxy) is 1. The molecule has 2 rings (SSSR count). The first-order valence-electron chi connectivity index (χ1n) is 6.24. The molecule has 1 saturated carbocycles. The second-order valence-corrected chi connectivity index (χ2v) is 4.89. The Hall–Kier alpha value is -1.42. The fraction of sp³-hybridized carbons (Fsp3) is 0.500. The summed E-state index contributed by atoms with van der Waals surface area (Å²) in [4.78, 5) is 12.3. The number of ketones is 1. The van der Waals surface area contributed by atoms with Crippen LogP contribution >= 0.6 is 0 Å². The highest BCUT2D eigenvalue weighted by atomic mass is 19.1. The van der Waals surface area contributed by atoms with Crippen LogP contribution in [0.2, 0.25) is 0 Å². The van der Waals surface area contributed by atoms with Crippen LogP contribution < -0.4 is 10.5 Å². The van der Waals surface area contributed by atoms with Crippen molar-refractivity contribution in [1.29, 1.82) is 0 Å². The molecule has 1 aliphatic carbocycles. The molecular formula is C14H18FNO2. The first kappa shape index (κ1) is 13.0. The minimum atomic E-state index is -0.895. The van der Waals surface area contributed by atoms with Crippen molar-refractivity contribution < 1.29 is 13.9 Å². The van der Waals surface area contributed by atoms with E-state index in [9.17, 15) is 9.18 Å². The summed E-state index contributed by atoms with van der Waals surface area (Å²) in [6.45, 7) is 0. The van der Waals surface area contributed by atoms with Crippen molar-refractivity contribution in [3.63, 3.8) is 0 Å². The van der Waals surface area contributed by atoms with E-state index in [1.807, 2.05) is 0 Å². The second kappa shape index (κ2) is 5.06. The van der Waals surface area contributed by atoms with Gasteiger partial charge < -0.3 is 10.5 Å². The van der Waals surface area contributed by atoms with Crippen LogP contribution in [-0.4, -0.2) is 18.4 Å². The first-order chi connectivity index (χ1) is 8.57. The molecule has 0 amide bonds. The Morgan fingerprint density at radius 3 is 2.56 bits per heavy atom. The number of carbonyl (C=O) groups is 1. The van der Waals surface area contributed by atoms with Gasteiger partial charge in [0, 0.05) is 6.07 Å². The average Bonchev–Trinajstić information content (AvgIpc) is 2.38. The van der Waals surface area contributed by atoms with E-state index in [4.69, 9.17) is 10.5 Å². The fourth-order valence-corrected chi connectivity index (χ4v) is 2.48. The lowest BCUT2D eigenvalue weighted by Gasteiger charge is -2.31. The fourth-order valence-electron chi connectivity index (χ4n) is 2.48. The predicted octanol–water partition coefficient (Wildman–Crippen LogP) is 2.68. The van der Waals surface area contributed by atoms with E-state index in [0.717, 1.165) is 19.3 Å². The van der Waals surface area contributed by atoms with Gasteiger partial charge in [-0.05, 0) is 25.0 Å². The van der Waals surface area contributed by atoms with Crippen molar-refractivity contribution in [3.05, 3.63) is 29.6 Å². The number of Topliss-reactive ketones (excluding diaryl/α,β-unsaturated/α-hetero) is 1. The van der Waals surface area contributed by atoms with Crippen LogP contribution in [0, 0.1) is 5.82 Å². The lowest BCUT2D eigenvalue weighted by Crippen LogP contribution is -2.49. The summed E-state index contributed by atoms with van der Waals surface area (Å²) >= 11 is 0. The molecule has 18 heavy (non-hydrogen) atoms. The molecule has 98 valence electrons. The van der Waals surface area contributed by atoms with Crippen LogP contribution in [0.5, 0.6) is 5.75 Å². The van der Waals surface area contributed by atoms with Crippen LogP contribution in [0.4, 0.5) is 4.39 Å². The van der Waals surface area contributed by atoms with Crippen molar-refractivity contribution in [2.24, 2.45) is 5.73 Å². The summed E-state index contributed by atoms with van der Waals surface area (Å²) in [5, 5.41) is 0. The van der Waals surface area contributed by atoms with Gasteiger partial charge in [-0.15, -0.1) is 0 Å².